The molecule has 0 aromatic heterocycles. The predicted octanol–water partition coefficient (Wildman–Crippen LogP) is -0.426. The predicted molar refractivity (Wildman–Crippen MR) is 100 cm³/mol. The van der Waals surface area contributed by atoms with E-state index in [0.29, 0.717) is 0 Å². The molecule has 0 bridgehead atoms. The molecule has 2 N–H and O–H groups in total. The van der Waals surface area contributed by atoms with E-state index in [1.54, 1.807) is 0 Å². The Hall–Kier alpha value is -1.79. The van der Waals surface area contributed by atoms with Gasteiger partial charge in [0.15, 0.2) is 0 Å². The van der Waals surface area contributed by atoms with E-state index >= 15 is 0 Å². The number of quaternary nitrogens is 1. The van der Waals surface area contributed by atoms with Crippen LogP contribution in [0.5, 0.6) is 0 Å². The second-order valence-electron chi connectivity index (χ2n) is 6.12. The van der Waals surface area contributed by atoms with Crippen LogP contribution in [0.1, 0.15) is 13.3 Å². The quantitative estimate of drug-likeness (QED) is 0.130. The van der Waals surface area contributed by atoms with Crippen molar-refractivity contribution in [2.45, 2.75) is 19.4 Å². The van der Waals surface area contributed by atoms with Crippen LogP contribution in [-0.4, -0.2) is 88.5 Å². The van der Waals surface area contributed by atoms with Gasteiger partial charge in [0.2, 0.25) is 16.3 Å². The molecule has 27 heavy (non-hydrogen) atoms. The second kappa shape index (κ2) is 16.4. The molecule has 0 fully saturated rings. The normalized spacial score (nSPS) is 11.5. The minimum absolute atomic E-state index is 0.0326. The fraction of sp³-hybridized carbons (Fsp3) is 0.625. The Balaban J connectivity index is -0.000000340. The molecule has 0 aliphatic heterocycles. The highest BCUT2D eigenvalue weighted by Crippen LogP contribution is 1.91. The Morgan fingerprint density at radius 3 is 2.04 bits per heavy atom. The van der Waals surface area contributed by atoms with Gasteiger partial charge >= 0.3 is 5.97 Å². The largest absolute Gasteiger partial charge is 0.726 e. The zero-order chi connectivity index (χ0) is 22.1. The summed E-state index contributed by atoms with van der Waals surface area (Å²) in [5.74, 6) is -0.590. The SMILES string of the molecule is C=CC(=O)NCCC[N+](C)(C)C.C=CC(=O)OCC(C)O.COS(=O)(=O)[O-]. The van der Waals surface area contributed by atoms with Crippen molar-refractivity contribution in [1.29, 1.82) is 0 Å². The summed E-state index contributed by atoms with van der Waals surface area (Å²) in [5.41, 5.74) is 0. The van der Waals surface area contributed by atoms with Gasteiger partial charge in [-0.25, -0.2) is 13.2 Å². The van der Waals surface area contributed by atoms with E-state index in [1.165, 1.54) is 13.0 Å². The van der Waals surface area contributed by atoms with Crippen LogP contribution in [0.4, 0.5) is 0 Å². The Morgan fingerprint density at radius 1 is 1.26 bits per heavy atom. The number of aliphatic hydroxyl groups excluding tert-OH is 1. The topological polar surface area (TPSA) is 142 Å². The number of esters is 1. The van der Waals surface area contributed by atoms with Crippen LogP contribution in [0.25, 0.3) is 0 Å². The van der Waals surface area contributed by atoms with Gasteiger partial charge in [0, 0.05) is 19.0 Å². The molecule has 1 atom stereocenters. The Bertz CT molecular complexity index is 539. The Labute approximate surface area is 162 Å². The fourth-order valence-corrected chi connectivity index (χ4v) is 1.10. The van der Waals surface area contributed by atoms with Gasteiger partial charge in [-0.05, 0) is 13.0 Å². The molecule has 0 aliphatic rings. The maximum Gasteiger partial charge on any atom is 0.330 e. The van der Waals surface area contributed by atoms with Crippen LogP contribution >= 0.6 is 0 Å². The molecule has 0 saturated carbocycles. The van der Waals surface area contributed by atoms with Gasteiger partial charge in [-0.15, -0.1) is 0 Å². The van der Waals surface area contributed by atoms with Crippen LogP contribution in [0.15, 0.2) is 25.3 Å². The maximum absolute atomic E-state index is 10.7. The lowest BCUT2D eigenvalue weighted by Gasteiger charge is -2.23. The minimum atomic E-state index is -4.41. The van der Waals surface area contributed by atoms with Crippen LogP contribution in [0.3, 0.4) is 0 Å². The van der Waals surface area contributed by atoms with Crippen molar-refractivity contribution in [2.75, 3.05) is 47.9 Å². The molecule has 0 aliphatic carbocycles. The lowest BCUT2D eigenvalue weighted by molar-refractivity contribution is -0.870. The number of hydrogen-bond acceptors (Lipinski definition) is 8. The fourth-order valence-electron chi connectivity index (χ4n) is 1.10. The summed E-state index contributed by atoms with van der Waals surface area (Å²) in [7, 11) is 2.80. The van der Waals surface area contributed by atoms with Crippen LogP contribution in [-0.2, 0) is 28.9 Å². The molecule has 11 heteroatoms. The summed E-state index contributed by atoms with van der Waals surface area (Å²) in [4.78, 5) is 21.0. The van der Waals surface area contributed by atoms with E-state index in [9.17, 15) is 22.6 Å². The number of carbonyl (C=O) groups is 2. The van der Waals surface area contributed by atoms with Gasteiger partial charge in [0.05, 0.1) is 40.9 Å². The molecule has 1 amide bonds. The molecule has 160 valence electrons. The molecule has 0 spiro atoms. The number of ether oxygens (including phenoxy) is 1. The molecular weight excluding hydrogens is 380 g/mol. The summed E-state index contributed by atoms with van der Waals surface area (Å²) >= 11 is 0. The van der Waals surface area contributed by atoms with Crippen molar-refractivity contribution in [3.05, 3.63) is 25.3 Å². The molecule has 10 nitrogen and oxygen atoms in total. The second-order valence-corrected chi connectivity index (χ2v) is 7.27. The van der Waals surface area contributed by atoms with Crippen LogP contribution in [0.2, 0.25) is 0 Å². The first-order chi connectivity index (χ1) is 12.2. The van der Waals surface area contributed by atoms with Crippen molar-refractivity contribution >= 4 is 22.3 Å². The van der Waals surface area contributed by atoms with Crippen molar-refractivity contribution < 1.29 is 41.1 Å². The van der Waals surface area contributed by atoms with Crippen molar-refractivity contribution in [1.82, 2.24) is 5.32 Å². The first-order valence-electron chi connectivity index (χ1n) is 7.88. The smallest absolute Gasteiger partial charge is 0.330 e. The average Bonchev–Trinajstić information content (AvgIpc) is 2.55. The molecule has 0 aromatic carbocycles. The number of nitrogens with zero attached hydrogens (tertiary/aromatic N) is 1. The first kappa shape index (κ1) is 30.0. The summed E-state index contributed by atoms with van der Waals surface area (Å²) in [6.07, 6.45) is 2.76. The molecular formula is C16H32N2O8S. The van der Waals surface area contributed by atoms with E-state index in [1.807, 2.05) is 0 Å². The third kappa shape index (κ3) is 36.0. The highest BCUT2D eigenvalue weighted by Gasteiger charge is 2.05. The number of hydrogen-bond donors (Lipinski definition) is 2. The molecule has 0 saturated heterocycles. The zero-order valence-corrected chi connectivity index (χ0v) is 17.5. The Morgan fingerprint density at radius 2 is 1.74 bits per heavy atom. The highest BCUT2D eigenvalue weighted by atomic mass is 32.3. The summed E-state index contributed by atoms with van der Waals surface area (Å²) in [5, 5.41) is 11.3. The van der Waals surface area contributed by atoms with Gasteiger partial charge in [0.25, 0.3) is 0 Å². The summed E-state index contributed by atoms with van der Waals surface area (Å²) in [6.45, 7) is 9.93. The van der Waals surface area contributed by atoms with E-state index < -0.39 is 22.5 Å². The number of aliphatic hydroxyl groups is 1. The van der Waals surface area contributed by atoms with E-state index in [0.717, 1.165) is 37.2 Å². The number of nitrogens with one attached hydrogen (secondary N) is 1. The number of amides is 1. The molecule has 1 unspecified atom stereocenters. The monoisotopic (exact) mass is 412 g/mol. The van der Waals surface area contributed by atoms with Gasteiger partial charge in [-0.2, -0.15) is 0 Å². The van der Waals surface area contributed by atoms with E-state index in [4.69, 9.17) is 5.11 Å². The van der Waals surface area contributed by atoms with Crippen LogP contribution in [0, 0.1) is 0 Å². The van der Waals surface area contributed by atoms with E-state index in [2.05, 4.69) is 48.5 Å². The number of rotatable bonds is 9. The summed E-state index contributed by atoms with van der Waals surface area (Å²) in [6, 6.07) is 0. The maximum atomic E-state index is 10.7. The lowest BCUT2D eigenvalue weighted by Crippen LogP contribution is -2.37. The molecule has 0 radical (unpaired) electrons. The number of carbonyl (C=O) groups excluding carboxylic acids is 2. The van der Waals surface area contributed by atoms with Gasteiger partial charge in [0.1, 0.15) is 6.61 Å². The standard InChI is InChI=1S/C9H18N2O.C6H10O3.CH4O4S/c1-5-9(12)10-7-6-8-11(2,3)4;1-3-6(8)9-4-5(2)7;1-5-6(2,3)4/h5H,1,6-8H2,2-4H3;3,5,7H,1,4H2,2H3;1H3,(H,2,3,4). The third-order valence-electron chi connectivity index (χ3n) is 2.33. The Kier molecular flexibility index (Phi) is 18.2. The third-order valence-corrected chi connectivity index (χ3v) is 2.74. The van der Waals surface area contributed by atoms with Gasteiger partial charge in [-0.3, -0.25) is 8.98 Å². The highest BCUT2D eigenvalue weighted by molar-refractivity contribution is 7.80. The van der Waals surface area contributed by atoms with Crippen LogP contribution < -0.4 is 5.32 Å². The first-order valence-corrected chi connectivity index (χ1v) is 9.21. The van der Waals surface area contributed by atoms with Gasteiger partial charge in [-0.1, -0.05) is 13.2 Å². The van der Waals surface area contributed by atoms with Crippen molar-refractivity contribution in [3.63, 3.8) is 0 Å². The lowest BCUT2D eigenvalue weighted by atomic mass is 10.3. The van der Waals surface area contributed by atoms with Crippen molar-refractivity contribution in [3.8, 4) is 0 Å². The molecule has 0 rings (SSSR count). The summed E-state index contributed by atoms with van der Waals surface area (Å²) < 4.78 is 36.4. The van der Waals surface area contributed by atoms with Gasteiger partial charge < -0.3 is 24.2 Å². The zero-order valence-electron chi connectivity index (χ0n) is 16.6. The van der Waals surface area contributed by atoms with Crippen molar-refractivity contribution in [2.24, 2.45) is 0 Å². The van der Waals surface area contributed by atoms with E-state index in [-0.39, 0.29) is 12.5 Å². The molecule has 0 heterocycles. The minimum Gasteiger partial charge on any atom is -0.726 e. The average molecular weight is 413 g/mol. The molecule has 0 aromatic rings.